The zero-order valence-corrected chi connectivity index (χ0v) is 16.3. The van der Waals surface area contributed by atoms with Crippen LogP contribution in [0.5, 0.6) is 11.5 Å². The molecule has 0 aliphatic rings. The van der Waals surface area contributed by atoms with Gasteiger partial charge in [-0.05, 0) is 53.0 Å². The molecule has 0 spiro atoms. The molecule has 7 heteroatoms. The molecule has 0 saturated carbocycles. The molecule has 0 aliphatic carbocycles. The van der Waals surface area contributed by atoms with E-state index < -0.39 is 0 Å². The Bertz CT molecular complexity index is 771. The summed E-state index contributed by atoms with van der Waals surface area (Å²) in [5, 5.41) is 13.7. The summed E-state index contributed by atoms with van der Waals surface area (Å²) in [4.78, 5) is 11.8. The van der Waals surface area contributed by atoms with Gasteiger partial charge in [-0.25, -0.2) is 5.43 Å². The Balaban J connectivity index is 1.94. The fourth-order valence-corrected chi connectivity index (χ4v) is 3.31. The highest BCUT2D eigenvalue weighted by Crippen LogP contribution is 2.30. The van der Waals surface area contributed by atoms with E-state index in [-0.39, 0.29) is 18.3 Å². The summed E-state index contributed by atoms with van der Waals surface area (Å²) in [6.45, 7) is 3.70. The number of hydrogen-bond donors (Lipinski definition) is 2. The van der Waals surface area contributed by atoms with E-state index in [2.05, 4.69) is 42.4 Å². The minimum Gasteiger partial charge on any atom is -0.506 e. The number of nitrogens with one attached hydrogen (secondary N) is 1. The topological polar surface area (TPSA) is 70.9 Å². The van der Waals surface area contributed by atoms with Crippen molar-refractivity contribution in [2.24, 2.45) is 5.10 Å². The van der Waals surface area contributed by atoms with Crippen LogP contribution in [0.25, 0.3) is 0 Å². The van der Waals surface area contributed by atoms with Crippen molar-refractivity contribution in [3.63, 3.8) is 0 Å². The van der Waals surface area contributed by atoms with E-state index in [1.165, 1.54) is 6.21 Å². The first-order chi connectivity index (χ1) is 11.4. The van der Waals surface area contributed by atoms with Crippen molar-refractivity contribution >= 4 is 44.0 Å². The maximum Gasteiger partial charge on any atom is 0.277 e. The molecule has 0 bridgehead atoms. The monoisotopic (exact) mass is 454 g/mol. The zero-order chi connectivity index (χ0) is 17.7. The number of carbonyl (C=O) groups excluding carboxylic acids is 1. The summed E-state index contributed by atoms with van der Waals surface area (Å²) in [5.74, 6) is 0.357. The third kappa shape index (κ3) is 4.82. The Kier molecular flexibility index (Phi) is 6.39. The van der Waals surface area contributed by atoms with Crippen LogP contribution in [0.4, 0.5) is 0 Å². The van der Waals surface area contributed by atoms with Gasteiger partial charge in [0.15, 0.2) is 6.61 Å². The number of aryl methyl sites for hydroxylation is 2. The van der Waals surface area contributed by atoms with E-state index in [0.29, 0.717) is 15.8 Å². The standard InChI is InChI=1S/C17H16Br2N2O3/c1-10-4-3-5-11(2)17(10)24-9-15(22)21-20-8-12-6-13(18)7-14(19)16(12)23/h3-8,23H,9H2,1-2H3,(H,21,22)/b20-8-. The van der Waals surface area contributed by atoms with Gasteiger partial charge in [-0.15, -0.1) is 0 Å². The number of nitrogens with zero attached hydrogens (tertiary/aromatic N) is 1. The van der Waals surface area contributed by atoms with Gasteiger partial charge in [-0.3, -0.25) is 4.79 Å². The van der Waals surface area contributed by atoms with Crippen LogP contribution in [0, 0.1) is 13.8 Å². The van der Waals surface area contributed by atoms with Crippen LogP contribution < -0.4 is 10.2 Å². The number of ether oxygens (including phenoxy) is 1. The van der Waals surface area contributed by atoms with E-state index in [9.17, 15) is 9.90 Å². The van der Waals surface area contributed by atoms with Gasteiger partial charge >= 0.3 is 0 Å². The molecule has 5 nitrogen and oxygen atoms in total. The van der Waals surface area contributed by atoms with Crippen LogP contribution in [0.1, 0.15) is 16.7 Å². The van der Waals surface area contributed by atoms with Crippen molar-refractivity contribution in [3.05, 3.63) is 56.0 Å². The fraction of sp³-hybridized carbons (Fsp3) is 0.176. The van der Waals surface area contributed by atoms with Crippen molar-refractivity contribution in [1.29, 1.82) is 0 Å². The molecule has 0 radical (unpaired) electrons. The van der Waals surface area contributed by atoms with Gasteiger partial charge in [-0.1, -0.05) is 34.1 Å². The second-order valence-electron chi connectivity index (χ2n) is 5.13. The number of amides is 1. The fourth-order valence-electron chi connectivity index (χ4n) is 2.05. The van der Waals surface area contributed by atoms with Gasteiger partial charge in [0, 0.05) is 10.0 Å². The molecule has 2 N–H and O–H groups in total. The first kappa shape index (κ1) is 18.5. The molecule has 0 fully saturated rings. The third-order valence-corrected chi connectivity index (χ3v) is 4.27. The van der Waals surface area contributed by atoms with Gasteiger partial charge in [0.25, 0.3) is 5.91 Å². The molecule has 0 saturated heterocycles. The van der Waals surface area contributed by atoms with Gasteiger partial charge in [0.05, 0.1) is 10.7 Å². The molecular formula is C17H16Br2N2O3. The van der Waals surface area contributed by atoms with E-state index in [1.807, 2.05) is 32.0 Å². The largest absolute Gasteiger partial charge is 0.506 e. The average Bonchev–Trinajstić information content (AvgIpc) is 2.51. The van der Waals surface area contributed by atoms with Crippen molar-refractivity contribution in [2.45, 2.75) is 13.8 Å². The number of rotatable bonds is 5. The molecule has 2 aromatic rings. The highest BCUT2D eigenvalue weighted by Gasteiger charge is 2.08. The molecule has 2 rings (SSSR count). The Labute approximate surface area is 157 Å². The Morgan fingerprint density at radius 1 is 1.29 bits per heavy atom. The third-order valence-electron chi connectivity index (χ3n) is 3.21. The van der Waals surface area contributed by atoms with Gasteiger partial charge in [0.2, 0.25) is 0 Å². The maximum absolute atomic E-state index is 11.8. The minimum absolute atomic E-state index is 0.0444. The molecule has 0 aliphatic heterocycles. The second kappa shape index (κ2) is 8.30. The SMILES string of the molecule is Cc1cccc(C)c1OCC(=O)N/N=C\c1cc(Br)cc(Br)c1O. The second-order valence-corrected chi connectivity index (χ2v) is 6.90. The summed E-state index contributed by atoms with van der Waals surface area (Å²) in [6, 6.07) is 9.18. The smallest absolute Gasteiger partial charge is 0.277 e. The van der Waals surface area contributed by atoms with E-state index in [0.717, 1.165) is 15.6 Å². The number of aromatic hydroxyl groups is 1. The van der Waals surface area contributed by atoms with Crippen molar-refractivity contribution in [1.82, 2.24) is 5.43 Å². The van der Waals surface area contributed by atoms with Crippen molar-refractivity contribution in [2.75, 3.05) is 6.61 Å². The summed E-state index contributed by atoms with van der Waals surface area (Å²) in [7, 11) is 0. The Morgan fingerprint density at radius 3 is 2.62 bits per heavy atom. The lowest BCUT2D eigenvalue weighted by Gasteiger charge is -2.10. The molecule has 0 atom stereocenters. The molecule has 0 unspecified atom stereocenters. The first-order valence-corrected chi connectivity index (χ1v) is 8.66. The Hall–Kier alpha value is -1.86. The van der Waals surface area contributed by atoms with Crippen LogP contribution in [-0.4, -0.2) is 23.8 Å². The van der Waals surface area contributed by atoms with E-state index in [4.69, 9.17) is 4.74 Å². The normalized spacial score (nSPS) is 10.8. The lowest BCUT2D eigenvalue weighted by molar-refractivity contribution is -0.123. The van der Waals surface area contributed by atoms with E-state index in [1.54, 1.807) is 12.1 Å². The summed E-state index contributed by atoms with van der Waals surface area (Å²) in [6.07, 6.45) is 1.36. The van der Waals surface area contributed by atoms with Crippen molar-refractivity contribution < 1.29 is 14.6 Å². The molecule has 0 aromatic heterocycles. The number of para-hydroxylation sites is 1. The van der Waals surface area contributed by atoms with Crippen molar-refractivity contribution in [3.8, 4) is 11.5 Å². The van der Waals surface area contributed by atoms with Crippen LogP contribution in [0.15, 0.2) is 44.4 Å². The average molecular weight is 456 g/mol. The van der Waals surface area contributed by atoms with Gasteiger partial charge in [-0.2, -0.15) is 5.10 Å². The minimum atomic E-state index is -0.387. The van der Waals surface area contributed by atoms with Gasteiger partial charge in [0.1, 0.15) is 11.5 Å². The first-order valence-electron chi connectivity index (χ1n) is 7.07. The predicted molar refractivity (Wildman–Crippen MR) is 101 cm³/mol. The molecular weight excluding hydrogens is 440 g/mol. The lowest BCUT2D eigenvalue weighted by atomic mass is 10.1. The summed E-state index contributed by atoms with van der Waals surface area (Å²) in [5.41, 5.74) is 4.77. The summed E-state index contributed by atoms with van der Waals surface area (Å²) >= 11 is 6.56. The molecule has 24 heavy (non-hydrogen) atoms. The Morgan fingerprint density at radius 2 is 1.96 bits per heavy atom. The number of phenols is 1. The molecule has 2 aromatic carbocycles. The number of hydrazone groups is 1. The lowest BCUT2D eigenvalue weighted by Crippen LogP contribution is -2.25. The zero-order valence-electron chi connectivity index (χ0n) is 13.1. The molecule has 126 valence electrons. The highest BCUT2D eigenvalue weighted by atomic mass is 79.9. The van der Waals surface area contributed by atoms with Crippen LogP contribution in [-0.2, 0) is 4.79 Å². The highest BCUT2D eigenvalue weighted by molar-refractivity contribution is 9.11. The number of hydrogen-bond acceptors (Lipinski definition) is 4. The van der Waals surface area contributed by atoms with Gasteiger partial charge < -0.3 is 9.84 Å². The number of carbonyl (C=O) groups is 1. The molecule has 0 heterocycles. The predicted octanol–water partition coefficient (Wildman–Crippen LogP) is 4.06. The quantitative estimate of drug-likeness (QED) is 0.527. The number of phenolic OH excluding ortho intramolecular Hbond substituents is 1. The number of halogens is 2. The van der Waals surface area contributed by atoms with Crippen LogP contribution >= 0.6 is 31.9 Å². The van der Waals surface area contributed by atoms with Crippen LogP contribution in [0.2, 0.25) is 0 Å². The van der Waals surface area contributed by atoms with Crippen LogP contribution in [0.3, 0.4) is 0 Å². The molecule has 1 amide bonds. The maximum atomic E-state index is 11.8. The number of benzene rings is 2. The summed E-state index contributed by atoms with van der Waals surface area (Å²) < 4.78 is 6.85. The van der Waals surface area contributed by atoms with E-state index >= 15 is 0 Å².